The lowest BCUT2D eigenvalue weighted by Gasteiger charge is -2.19. The predicted molar refractivity (Wildman–Crippen MR) is 78.4 cm³/mol. The Morgan fingerprint density at radius 3 is 2.39 bits per heavy atom. The van der Waals surface area contributed by atoms with Crippen LogP contribution in [-0.2, 0) is 0 Å². The summed E-state index contributed by atoms with van der Waals surface area (Å²) in [5.41, 5.74) is 2.25. The molecule has 1 nitrogen and oxygen atoms in total. The Labute approximate surface area is 123 Å². The van der Waals surface area contributed by atoms with Crippen LogP contribution in [0.2, 0.25) is 0 Å². The summed E-state index contributed by atoms with van der Waals surface area (Å²) in [6.45, 7) is 2.13. The number of aromatic nitrogens is 1. The first kappa shape index (κ1) is 13.7. The van der Waals surface area contributed by atoms with Crippen molar-refractivity contribution >= 4 is 31.9 Å². The molecule has 18 heavy (non-hydrogen) atoms. The highest BCUT2D eigenvalue weighted by atomic mass is 79.9. The molecule has 2 rings (SSSR count). The molecule has 1 aromatic carbocycles. The van der Waals surface area contributed by atoms with Gasteiger partial charge in [-0.05, 0) is 57.2 Å². The number of nitrogens with zero attached hydrogens (tertiary/aromatic N) is 1. The quantitative estimate of drug-likeness (QED) is 0.673. The summed E-state index contributed by atoms with van der Waals surface area (Å²) in [7, 11) is 0. The maximum Gasteiger partial charge on any atom is 0.137 e. The lowest BCUT2D eigenvalue weighted by atomic mass is 9.94. The molecule has 1 aromatic heterocycles. The summed E-state index contributed by atoms with van der Waals surface area (Å²) in [6.07, 6.45) is 3.57. The average molecular weight is 373 g/mol. The zero-order valence-corrected chi connectivity index (χ0v) is 12.9. The number of rotatable bonds is 3. The van der Waals surface area contributed by atoms with Crippen LogP contribution in [0.3, 0.4) is 0 Å². The minimum Gasteiger partial charge on any atom is -0.265 e. The van der Waals surface area contributed by atoms with Crippen molar-refractivity contribution in [3.05, 3.63) is 64.1 Å². The molecule has 2 aromatic rings. The van der Waals surface area contributed by atoms with E-state index >= 15 is 0 Å². The summed E-state index contributed by atoms with van der Waals surface area (Å²) in [5.74, 6) is 0.0420. The summed E-state index contributed by atoms with van der Waals surface area (Å²) in [5, 5.41) is 0. The molecule has 2 atom stereocenters. The van der Waals surface area contributed by atoms with E-state index in [2.05, 4.69) is 43.8 Å². The second-order valence-corrected chi connectivity index (χ2v) is 5.99. The monoisotopic (exact) mass is 371 g/mol. The molecule has 0 amide bonds. The van der Waals surface area contributed by atoms with Crippen LogP contribution in [0.25, 0.3) is 0 Å². The lowest BCUT2D eigenvalue weighted by Crippen LogP contribution is -2.02. The van der Waals surface area contributed by atoms with Gasteiger partial charge < -0.3 is 0 Å². The van der Waals surface area contributed by atoms with E-state index in [-0.39, 0.29) is 16.6 Å². The van der Waals surface area contributed by atoms with E-state index in [9.17, 15) is 4.39 Å². The summed E-state index contributed by atoms with van der Waals surface area (Å²) < 4.78 is 13.7. The topological polar surface area (TPSA) is 12.9 Å². The van der Waals surface area contributed by atoms with Crippen molar-refractivity contribution < 1.29 is 4.39 Å². The molecule has 0 spiro atoms. The highest BCUT2D eigenvalue weighted by Gasteiger charge is 2.18. The van der Waals surface area contributed by atoms with Gasteiger partial charge in [0.05, 0.1) is 4.47 Å². The van der Waals surface area contributed by atoms with Crippen LogP contribution in [0.1, 0.15) is 28.8 Å². The van der Waals surface area contributed by atoms with Gasteiger partial charge in [0.15, 0.2) is 0 Å². The van der Waals surface area contributed by atoms with E-state index < -0.39 is 0 Å². The average Bonchev–Trinajstić information content (AvgIpc) is 2.41. The number of hydrogen-bond acceptors (Lipinski definition) is 1. The Morgan fingerprint density at radius 2 is 1.78 bits per heavy atom. The fourth-order valence-electron chi connectivity index (χ4n) is 1.81. The van der Waals surface area contributed by atoms with E-state index in [1.54, 1.807) is 18.5 Å². The van der Waals surface area contributed by atoms with Gasteiger partial charge in [0.25, 0.3) is 0 Å². The van der Waals surface area contributed by atoms with Crippen molar-refractivity contribution in [3.8, 4) is 0 Å². The van der Waals surface area contributed by atoms with Gasteiger partial charge in [0.2, 0.25) is 0 Å². The van der Waals surface area contributed by atoms with Crippen LogP contribution in [0.4, 0.5) is 4.39 Å². The smallest absolute Gasteiger partial charge is 0.137 e. The van der Waals surface area contributed by atoms with Crippen molar-refractivity contribution in [1.82, 2.24) is 4.98 Å². The van der Waals surface area contributed by atoms with Crippen molar-refractivity contribution in [2.75, 3.05) is 0 Å². The van der Waals surface area contributed by atoms with E-state index in [0.29, 0.717) is 4.47 Å². The van der Waals surface area contributed by atoms with Crippen molar-refractivity contribution in [2.45, 2.75) is 17.7 Å². The third-order valence-electron chi connectivity index (χ3n) is 2.93. The first-order valence-corrected chi connectivity index (χ1v) is 7.29. The molecule has 1 heterocycles. The van der Waals surface area contributed by atoms with E-state index in [0.717, 1.165) is 5.56 Å². The molecule has 0 radical (unpaired) electrons. The third-order valence-corrected chi connectivity index (χ3v) is 4.86. The maximum absolute atomic E-state index is 13.2. The van der Waals surface area contributed by atoms with E-state index in [4.69, 9.17) is 0 Å². The van der Waals surface area contributed by atoms with Crippen LogP contribution in [0.15, 0.2) is 47.2 Å². The molecule has 4 heteroatoms. The standard InChI is InChI=1S/C14H12Br2FN/c1-9(10-4-6-18-7-5-10)14(16)11-2-3-13(17)12(15)8-11/h2-9,14H,1H3. The van der Waals surface area contributed by atoms with Crippen LogP contribution in [0, 0.1) is 5.82 Å². The van der Waals surface area contributed by atoms with E-state index in [1.807, 2.05) is 18.2 Å². The Balaban J connectivity index is 2.25. The third kappa shape index (κ3) is 2.98. The minimum absolute atomic E-state index is 0.136. The van der Waals surface area contributed by atoms with Crippen LogP contribution < -0.4 is 0 Å². The maximum atomic E-state index is 13.2. The van der Waals surface area contributed by atoms with E-state index in [1.165, 1.54) is 11.6 Å². The molecule has 2 unspecified atom stereocenters. The summed E-state index contributed by atoms with van der Waals surface area (Å²) in [6, 6.07) is 9.09. The van der Waals surface area contributed by atoms with Crippen molar-refractivity contribution in [3.63, 3.8) is 0 Å². The number of alkyl halides is 1. The SMILES string of the molecule is CC(c1ccncc1)C(Br)c1ccc(F)c(Br)c1. The second kappa shape index (κ2) is 5.93. The highest BCUT2D eigenvalue weighted by molar-refractivity contribution is 9.10. The molecule has 0 aliphatic rings. The molecule has 0 aliphatic carbocycles. The van der Waals surface area contributed by atoms with Gasteiger partial charge in [-0.3, -0.25) is 4.98 Å². The molecule has 0 saturated carbocycles. The molecule has 0 aliphatic heterocycles. The predicted octanol–water partition coefficient (Wildman–Crippen LogP) is 5.22. The van der Waals surface area contributed by atoms with Gasteiger partial charge in [0, 0.05) is 17.2 Å². The summed E-state index contributed by atoms with van der Waals surface area (Å²) >= 11 is 6.90. The highest BCUT2D eigenvalue weighted by Crippen LogP contribution is 2.38. The van der Waals surface area contributed by atoms with Crippen LogP contribution in [-0.4, -0.2) is 4.98 Å². The normalized spacial score (nSPS) is 14.2. The molecule has 94 valence electrons. The summed E-state index contributed by atoms with van der Waals surface area (Å²) in [4.78, 5) is 4.15. The first-order valence-electron chi connectivity index (χ1n) is 5.58. The first-order chi connectivity index (χ1) is 8.59. The molecule has 0 fully saturated rings. The Morgan fingerprint density at radius 1 is 1.11 bits per heavy atom. The van der Waals surface area contributed by atoms with Gasteiger partial charge >= 0.3 is 0 Å². The van der Waals surface area contributed by atoms with Crippen molar-refractivity contribution in [1.29, 1.82) is 0 Å². The Kier molecular flexibility index (Phi) is 4.51. The molecule has 0 bridgehead atoms. The molecular weight excluding hydrogens is 361 g/mol. The van der Waals surface area contributed by atoms with Gasteiger partial charge in [-0.1, -0.05) is 28.9 Å². The Bertz CT molecular complexity index is 531. The Hall–Kier alpha value is -0.740. The van der Waals surface area contributed by atoms with Gasteiger partial charge in [0.1, 0.15) is 5.82 Å². The largest absolute Gasteiger partial charge is 0.265 e. The van der Waals surface area contributed by atoms with Gasteiger partial charge in [-0.2, -0.15) is 0 Å². The van der Waals surface area contributed by atoms with Gasteiger partial charge in [-0.25, -0.2) is 4.39 Å². The second-order valence-electron chi connectivity index (χ2n) is 4.14. The number of halogens is 3. The molecule has 0 saturated heterocycles. The number of benzene rings is 1. The number of pyridine rings is 1. The zero-order chi connectivity index (χ0) is 13.1. The minimum atomic E-state index is -0.241. The zero-order valence-electron chi connectivity index (χ0n) is 9.78. The fourth-order valence-corrected chi connectivity index (χ4v) is 2.80. The van der Waals surface area contributed by atoms with Crippen LogP contribution in [0.5, 0.6) is 0 Å². The molecule has 0 N–H and O–H groups in total. The fraction of sp³-hybridized carbons (Fsp3) is 0.214. The number of hydrogen-bond donors (Lipinski definition) is 0. The van der Waals surface area contributed by atoms with Crippen molar-refractivity contribution in [2.24, 2.45) is 0 Å². The lowest BCUT2D eigenvalue weighted by molar-refractivity contribution is 0.619. The van der Waals surface area contributed by atoms with Gasteiger partial charge in [-0.15, -0.1) is 0 Å². The molecular formula is C14H12Br2FN. The van der Waals surface area contributed by atoms with Crippen LogP contribution >= 0.6 is 31.9 Å².